The van der Waals surface area contributed by atoms with Gasteiger partial charge < -0.3 is 0 Å². The molecule has 1 aromatic carbocycles. The molecule has 2 saturated carbocycles. The van der Waals surface area contributed by atoms with Crippen molar-refractivity contribution in [2.45, 2.75) is 33.1 Å². The maximum absolute atomic E-state index is 12.4. The summed E-state index contributed by atoms with van der Waals surface area (Å²) in [6, 6.07) is 6.09. The largest absolute Gasteiger partial charge is 0.294 e. The van der Waals surface area contributed by atoms with E-state index in [-0.39, 0.29) is 0 Å². The van der Waals surface area contributed by atoms with Crippen LogP contribution in [0.2, 0.25) is 0 Å². The van der Waals surface area contributed by atoms with Crippen LogP contribution < -0.4 is 0 Å². The molecule has 2 atom stereocenters. The molecular formula is C15H18O. The Morgan fingerprint density at radius 3 is 2.56 bits per heavy atom. The van der Waals surface area contributed by atoms with Crippen molar-refractivity contribution in [3.63, 3.8) is 0 Å². The molecule has 1 aromatic rings. The van der Waals surface area contributed by atoms with Gasteiger partial charge in [0.1, 0.15) is 0 Å². The van der Waals surface area contributed by atoms with E-state index in [1.165, 1.54) is 30.4 Å². The van der Waals surface area contributed by atoms with E-state index in [9.17, 15) is 4.79 Å². The van der Waals surface area contributed by atoms with Crippen LogP contribution >= 0.6 is 0 Å². The van der Waals surface area contributed by atoms with Gasteiger partial charge in [-0.3, -0.25) is 4.79 Å². The number of ketones is 1. The SMILES string of the molecule is Cc1cccc(C(=O)C2C3CCCC32)c1C. The van der Waals surface area contributed by atoms with Gasteiger partial charge in [-0.15, -0.1) is 0 Å². The van der Waals surface area contributed by atoms with Crippen molar-refractivity contribution >= 4 is 5.78 Å². The molecule has 2 unspecified atom stereocenters. The second kappa shape index (κ2) is 3.44. The highest BCUT2D eigenvalue weighted by Gasteiger charge is 2.56. The van der Waals surface area contributed by atoms with Crippen LogP contribution in [-0.2, 0) is 0 Å². The predicted octanol–water partition coefficient (Wildman–Crippen LogP) is 3.53. The monoisotopic (exact) mass is 214 g/mol. The van der Waals surface area contributed by atoms with Gasteiger partial charge in [-0.25, -0.2) is 0 Å². The fourth-order valence-electron chi connectivity index (χ4n) is 3.41. The number of Topliss-reactive ketones (excluding diaryl/α,β-unsaturated/α-hetero) is 1. The number of aryl methyl sites for hydroxylation is 1. The smallest absolute Gasteiger partial charge is 0.166 e. The molecule has 2 aliphatic carbocycles. The standard InChI is InChI=1S/C15H18O/c1-9-5-3-6-11(10(9)2)15(16)14-12-7-4-8-13(12)14/h3,5-6,12-14H,4,7-8H2,1-2H3. The van der Waals surface area contributed by atoms with Crippen molar-refractivity contribution in [2.75, 3.05) is 0 Å². The molecule has 84 valence electrons. The van der Waals surface area contributed by atoms with Crippen LogP contribution in [0.4, 0.5) is 0 Å². The van der Waals surface area contributed by atoms with Gasteiger partial charge in [-0.2, -0.15) is 0 Å². The molecule has 0 heterocycles. The van der Waals surface area contributed by atoms with Crippen LogP contribution in [0, 0.1) is 31.6 Å². The van der Waals surface area contributed by atoms with Gasteiger partial charge >= 0.3 is 0 Å². The molecule has 0 bridgehead atoms. The molecular weight excluding hydrogens is 196 g/mol. The minimum atomic E-state index is 0.370. The number of hydrogen-bond donors (Lipinski definition) is 0. The average Bonchev–Trinajstić information content (AvgIpc) is 2.75. The van der Waals surface area contributed by atoms with Crippen LogP contribution in [0.3, 0.4) is 0 Å². The van der Waals surface area contributed by atoms with Gasteiger partial charge in [-0.1, -0.05) is 24.6 Å². The van der Waals surface area contributed by atoms with Crippen LogP contribution in [0.1, 0.15) is 40.7 Å². The van der Waals surface area contributed by atoms with Gasteiger partial charge in [-0.05, 0) is 49.7 Å². The second-order valence-corrected chi connectivity index (χ2v) is 5.40. The molecule has 3 rings (SSSR count). The Kier molecular flexibility index (Phi) is 2.17. The lowest BCUT2D eigenvalue weighted by Gasteiger charge is -2.08. The van der Waals surface area contributed by atoms with Gasteiger partial charge in [0, 0.05) is 11.5 Å². The van der Waals surface area contributed by atoms with E-state index in [0.29, 0.717) is 11.7 Å². The van der Waals surface area contributed by atoms with E-state index >= 15 is 0 Å². The highest BCUT2D eigenvalue weighted by atomic mass is 16.1. The first-order valence-electron chi connectivity index (χ1n) is 6.30. The molecule has 0 spiro atoms. The van der Waals surface area contributed by atoms with Crippen molar-refractivity contribution in [1.29, 1.82) is 0 Å². The lowest BCUT2D eigenvalue weighted by Crippen LogP contribution is -2.08. The maximum atomic E-state index is 12.4. The van der Waals surface area contributed by atoms with Crippen LogP contribution in [0.15, 0.2) is 18.2 Å². The van der Waals surface area contributed by atoms with E-state index in [1.807, 2.05) is 12.1 Å². The van der Waals surface area contributed by atoms with Crippen molar-refractivity contribution in [3.05, 3.63) is 34.9 Å². The summed E-state index contributed by atoms with van der Waals surface area (Å²) in [5.74, 6) is 2.24. The fraction of sp³-hybridized carbons (Fsp3) is 0.533. The van der Waals surface area contributed by atoms with Crippen LogP contribution in [-0.4, -0.2) is 5.78 Å². The Bertz CT molecular complexity index is 437. The topological polar surface area (TPSA) is 17.1 Å². The first kappa shape index (κ1) is 10.1. The third-order valence-corrected chi connectivity index (χ3v) is 4.58. The number of hydrogen-bond acceptors (Lipinski definition) is 1. The molecule has 0 aliphatic heterocycles. The third kappa shape index (κ3) is 1.34. The van der Waals surface area contributed by atoms with Crippen molar-refractivity contribution in [1.82, 2.24) is 0 Å². The molecule has 0 N–H and O–H groups in total. The van der Waals surface area contributed by atoms with Crippen LogP contribution in [0.5, 0.6) is 0 Å². The Morgan fingerprint density at radius 1 is 1.19 bits per heavy atom. The summed E-state index contributed by atoms with van der Waals surface area (Å²) in [5, 5.41) is 0. The summed E-state index contributed by atoms with van der Waals surface area (Å²) < 4.78 is 0. The predicted molar refractivity (Wildman–Crippen MR) is 64.6 cm³/mol. The van der Waals surface area contributed by atoms with E-state index in [1.54, 1.807) is 0 Å². The molecule has 1 heteroatoms. The van der Waals surface area contributed by atoms with Gasteiger partial charge in [0.25, 0.3) is 0 Å². The lowest BCUT2D eigenvalue weighted by molar-refractivity contribution is 0.0951. The molecule has 0 radical (unpaired) electrons. The number of carbonyl (C=O) groups is 1. The summed E-state index contributed by atoms with van der Waals surface area (Å²) >= 11 is 0. The minimum Gasteiger partial charge on any atom is -0.294 e. The fourth-order valence-corrected chi connectivity index (χ4v) is 3.41. The zero-order valence-corrected chi connectivity index (χ0v) is 9.99. The summed E-state index contributed by atoms with van der Waals surface area (Å²) in [4.78, 5) is 12.4. The van der Waals surface area contributed by atoms with Crippen LogP contribution in [0.25, 0.3) is 0 Å². The van der Waals surface area contributed by atoms with Crippen molar-refractivity contribution in [3.8, 4) is 0 Å². The molecule has 0 amide bonds. The number of benzene rings is 1. The molecule has 16 heavy (non-hydrogen) atoms. The van der Waals surface area contributed by atoms with Crippen molar-refractivity contribution < 1.29 is 4.79 Å². The van der Waals surface area contributed by atoms with Gasteiger partial charge in [0.2, 0.25) is 0 Å². The first-order chi connectivity index (χ1) is 7.70. The molecule has 2 fully saturated rings. The molecule has 0 aromatic heterocycles. The molecule has 1 nitrogen and oxygen atoms in total. The maximum Gasteiger partial charge on any atom is 0.166 e. The minimum absolute atomic E-state index is 0.370. The van der Waals surface area contributed by atoms with E-state index in [4.69, 9.17) is 0 Å². The van der Waals surface area contributed by atoms with Gasteiger partial charge in [0.15, 0.2) is 5.78 Å². The Labute approximate surface area is 96.9 Å². The van der Waals surface area contributed by atoms with E-state index in [2.05, 4.69) is 19.9 Å². The average molecular weight is 214 g/mol. The summed E-state index contributed by atoms with van der Waals surface area (Å²) in [5.41, 5.74) is 3.38. The summed E-state index contributed by atoms with van der Waals surface area (Å²) in [6.45, 7) is 4.15. The Morgan fingerprint density at radius 2 is 1.88 bits per heavy atom. The van der Waals surface area contributed by atoms with E-state index in [0.717, 1.165) is 17.4 Å². The lowest BCUT2D eigenvalue weighted by atomic mass is 9.95. The molecule has 0 saturated heterocycles. The second-order valence-electron chi connectivity index (χ2n) is 5.40. The van der Waals surface area contributed by atoms with Gasteiger partial charge in [0.05, 0.1) is 0 Å². The quantitative estimate of drug-likeness (QED) is 0.688. The summed E-state index contributed by atoms with van der Waals surface area (Å²) in [6.07, 6.45) is 3.91. The summed E-state index contributed by atoms with van der Waals surface area (Å²) in [7, 11) is 0. The highest BCUT2D eigenvalue weighted by molar-refractivity contribution is 6.01. The zero-order chi connectivity index (χ0) is 11.3. The number of rotatable bonds is 2. The molecule has 2 aliphatic rings. The van der Waals surface area contributed by atoms with Crippen molar-refractivity contribution in [2.24, 2.45) is 17.8 Å². The third-order valence-electron chi connectivity index (χ3n) is 4.58. The Hall–Kier alpha value is -1.11. The highest BCUT2D eigenvalue weighted by Crippen LogP contribution is 2.58. The first-order valence-corrected chi connectivity index (χ1v) is 6.30. The Balaban J connectivity index is 1.88. The van der Waals surface area contributed by atoms with E-state index < -0.39 is 0 Å². The number of carbonyl (C=O) groups excluding carboxylic acids is 1. The zero-order valence-electron chi connectivity index (χ0n) is 9.99. The number of fused-ring (bicyclic) bond motifs is 1. The normalized spacial score (nSPS) is 31.2.